The van der Waals surface area contributed by atoms with E-state index in [1.54, 1.807) is 0 Å². The third-order valence-corrected chi connectivity index (χ3v) is 21.2. The van der Waals surface area contributed by atoms with Crippen molar-refractivity contribution in [1.29, 1.82) is 0 Å². The highest BCUT2D eigenvalue weighted by atomic mass is 16.3. The summed E-state index contributed by atoms with van der Waals surface area (Å²) >= 11 is 0. The van der Waals surface area contributed by atoms with Gasteiger partial charge in [-0.25, -0.2) is 0 Å². The van der Waals surface area contributed by atoms with Crippen molar-refractivity contribution in [1.82, 2.24) is 0 Å². The van der Waals surface area contributed by atoms with E-state index >= 15 is 0 Å². The van der Waals surface area contributed by atoms with Crippen molar-refractivity contribution in [2.24, 2.45) is 0 Å². The highest BCUT2D eigenvalue weighted by Gasteiger charge is 2.62. The molecule has 0 aromatic heterocycles. The molecule has 10 aromatic carbocycles. The Hall–Kier alpha value is -7.88. The Morgan fingerprint density at radius 3 is 0.912 bits per heavy atom. The molecular formula is C78H66O2. The average molecular weight is 1040 g/mol. The lowest BCUT2D eigenvalue weighted by atomic mass is 9.57. The number of benzene rings is 10. The zero-order chi connectivity index (χ0) is 54.9. The number of aliphatic hydroxyl groups excluding tert-OH is 2. The maximum atomic E-state index is 14.8. The minimum absolute atomic E-state index is 0.231. The maximum Gasteiger partial charge on any atom is 0.0981 e. The van der Waals surface area contributed by atoms with Crippen LogP contribution in [0.15, 0.2) is 194 Å². The fourth-order valence-electron chi connectivity index (χ4n) is 17.8. The third-order valence-electron chi connectivity index (χ3n) is 21.2. The Kier molecular flexibility index (Phi) is 9.32. The number of rotatable bonds is 0. The highest BCUT2D eigenvalue weighted by Crippen LogP contribution is 2.74. The van der Waals surface area contributed by atoms with Gasteiger partial charge in [0.15, 0.2) is 0 Å². The molecule has 0 saturated heterocycles. The summed E-state index contributed by atoms with van der Waals surface area (Å²) in [6.45, 7) is 23.7. The van der Waals surface area contributed by atoms with Gasteiger partial charge in [0.2, 0.25) is 0 Å². The minimum Gasteiger partial charge on any atom is -0.387 e. The van der Waals surface area contributed by atoms with E-state index in [0.717, 1.165) is 16.7 Å². The van der Waals surface area contributed by atoms with E-state index < -0.39 is 17.6 Å². The predicted molar refractivity (Wildman–Crippen MR) is 329 cm³/mol. The largest absolute Gasteiger partial charge is 0.387 e. The van der Waals surface area contributed by atoms with Gasteiger partial charge in [0.05, 0.1) is 17.6 Å². The number of hydrogen-bond donors (Lipinski definition) is 2. The Morgan fingerprint density at radius 2 is 0.512 bits per heavy atom. The van der Waals surface area contributed by atoms with Gasteiger partial charge in [-0.2, -0.15) is 0 Å². The second kappa shape index (κ2) is 15.5. The third kappa shape index (κ3) is 5.44. The lowest BCUT2D eigenvalue weighted by Crippen LogP contribution is -2.40. The summed E-state index contributed by atoms with van der Waals surface area (Å²) in [5.41, 5.74) is 33.6. The molecule has 3 atom stereocenters. The SMILES string of the molecule is CC1(C)c2ccccc2-c2c3c(c4c(c21)-c1ccccc1C4(C)C)-c1ccccc1C1(c2ccccc2-c2c4c(c5c(c21)-c1ccccc1C5(C)C)-c1ccccc1C4(C)C)C3O.CC1(C)c2ccccc2-c2ccccc2C1O. The summed E-state index contributed by atoms with van der Waals surface area (Å²) in [6.07, 6.45) is -1.34. The van der Waals surface area contributed by atoms with Gasteiger partial charge in [-0.15, -0.1) is 0 Å². The monoisotopic (exact) mass is 1030 g/mol. The molecule has 390 valence electrons. The molecule has 2 heteroatoms. The Bertz CT molecular complexity index is 4410. The smallest absolute Gasteiger partial charge is 0.0981 e. The molecule has 3 unspecified atom stereocenters. The molecule has 7 aliphatic rings. The van der Waals surface area contributed by atoms with Crippen LogP contribution in [-0.2, 0) is 32.5 Å². The fourth-order valence-corrected chi connectivity index (χ4v) is 17.8. The van der Waals surface area contributed by atoms with Gasteiger partial charge in [-0.1, -0.05) is 263 Å². The molecule has 0 fully saturated rings. The van der Waals surface area contributed by atoms with Crippen molar-refractivity contribution in [3.63, 3.8) is 0 Å². The van der Waals surface area contributed by atoms with Gasteiger partial charge >= 0.3 is 0 Å². The summed E-state index contributed by atoms with van der Waals surface area (Å²) in [7, 11) is 0. The zero-order valence-corrected chi connectivity index (χ0v) is 47.5. The van der Waals surface area contributed by atoms with E-state index in [0.29, 0.717) is 0 Å². The minimum atomic E-state index is -0.924. The predicted octanol–water partition coefficient (Wildman–Crippen LogP) is 18.6. The summed E-state index contributed by atoms with van der Waals surface area (Å²) in [5, 5.41) is 25.3. The Labute approximate surface area is 471 Å². The van der Waals surface area contributed by atoms with Gasteiger partial charge in [0.1, 0.15) is 0 Å². The highest BCUT2D eigenvalue weighted by molar-refractivity contribution is 6.09. The van der Waals surface area contributed by atoms with Crippen LogP contribution in [0.25, 0.3) is 77.9 Å². The topological polar surface area (TPSA) is 40.5 Å². The van der Waals surface area contributed by atoms with E-state index in [2.05, 4.69) is 239 Å². The number of hydrogen-bond acceptors (Lipinski definition) is 2. The molecule has 0 bridgehead atoms. The van der Waals surface area contributed by atoms with Crippen molar-refractivity contribution < 1.29 is 10.2 Å². The molecule has 80 heavy (non-hydrogen) atoms. The molecule has 0 amide bonds. The quantitative estimate of drug-likeness (QED) is 0.159. The van der Waals surface area contributed by atoms with E-state index in [-0.39, 0.29) is 27.1 Å². The van der Waals surface area contributed by atoms with Crippen LogP contribution in [0.4, 0.5) is 0 Å². The molecule has 2 nitrogen and oxygen atoms in total. The molecule has 2 N–H and O–H groups in total. The van der Waals surface area contributed by atoms with Crippen LogP contribution in [0.5, 0.6) is 0 Å². The normalized spacial score (nSPS) is 21.1. The molecule has 0 aliphatic heterocycles. The average Bonchev–Trinajstić information content (AvgIpc) is 3.84. The van der Waals surface area contributed by atoms with E-state index in [1.807, 2.05) is 24.3 Å². The molecule has 10 aromatic rings. The molecule has 0 saturated carbocycles. The lowest BCUT2D eigenvalue weighted by molar-refractivity contribution is 0.0986. The van der Waals surface area contributed by atoms with Gasteiger partial charge < -0.3 is 10.2 Å². The first-order valence-corrected chi connectivity index (χ1v) is 29.0. The first-order chi connectivity index (χ1) is 38.4. The zero-order valence-electron chi connectivity index (χ0n) is 47.5. The van der Waals surface area contributed by atoms with Crippen molar-refractivity contribution in [2.45, 2.75) is 114 Å². The van der Waals surface area contributed by atoms with E-state index in [4.69, 9.17) is 0 Å². The number of aliphatic hydroxyl groups is 2. The van der Waals surface area contributed by atoms with Crippen LogP contribution in [-0.4, -0.2) is 10.2 Å². The fraction of sp³-hybridized carbons (Fsp3) is 0.231. The molecular weight excluding hydrogens is 969 g/mol. The van der Waals surface area contributed by atoms with Crippen molar-refractivity contribution in [3.05, 3.63) is 272 Å². The first kappa shape index (κ1) is 48.1. The summed E-state index contributed by atoms with van der Waals surface area (Å²) < 4.78 is 0. The van der Waals surface area contributed by atoms with Crippen LogP contribution < -0.4 is 0 Å². The van der Waals surface area contributed by atoms with Gasteiger partial charge in [0, 0.05) is 27.1 Å². The van der Waals surface area contributed by atoms with Crippen LogP contribution in [0.3, 0.4) is 0 Å². The van der Waals surface area contributed by atoms with Crippen molar-refractivity contribution >= 4 is 0 Å². The standard InChI is InChI=1S/C62H50O.C16H16O/c1-58(2)39-27-15-9-21-33(39)45-51-46(53-47(52(45)58)34-22-10-16-28-40(34)59(53,3)4)37-25-13-19-31-43(37)62(57(51)63)44-32-20-14-26-38(44)50-55-48(35-23-11-17-29-41(35)60(55,5)6)54-49(56(50)62)36-24-12-18-30-42(36)61(54,7)8;1-16(2)14-10-6-5-8-12(14)11-7-3-4-9-13(11)15(16)17/h9-32,57,63H,1-8H3;3-10,15,17H,1-2H3. The summed E-state index contributed by atoms with van der Waals surface area (Å²) in [5.74, 6) is 0. The van der Waals surface area contributed by atoms with E-state index in [9.17, 15) is 10.2 Å². The molecule has 1 spiro atoms. The molecule has 0 heterocycles. The van der Waals surface area contributed by atoms with Gasteiger partial charge in [0.25, 0.3) is 0 Å². The van der Waals surface area contributed by atoms with Crippen LogP contribution >= 0.6 is 0 Å². The molecule has 0 radical (unpaired) electrons. The Balaban J connectivity index is 0.000000267. The lowest BCUT2D eigenvalue weighted by Gasteiger charge is -2.47. The van der Waals surface area contributed by atoms with Crippen molar-refractivity contribution in [2.75, 3.05) is 0 Å². The number of fused-ring (bicyclic) bond motifs is 30. The van der Waals surface area contributed by atoms with E-state index in [1.165, 1.54) is 139 Å². The van der Waals surface area contributed by atoms with Crippen molar-refractivity contribution in [3.8, 4) is 77.9 Å². The second-order valence-corrected chi connectivity index (χ2v) is 26.8. The van der Waals surface area contributed by atoms with Crippen LogP contribution in [0.1, 0.15) is 159 Å². The Morgan fingerprint density at radius 1 is 0.250 bits per heavy atom. The summed E-state index contributed by atoms with van der Waals surface area (Å²) in [4.78, 5) is 0. The first-order valence-electron chi connectivity index (χ1n) is 29.0. The molecule has 7 aliphatic carbocycles. The summed E-state index contributed by atoms with van der Waals surface area (Å²) in [6, 6.07) is 71.5. The second-order valence-electron chi connectivity index (χ2n) is 26.8. The molecule has 17 rings (SSSR count). The van der Waals surface area contributed by atoms with Gasteiger partial charge in [-0.3, -0.25) is 0 Å². The van der Waals surface area contributed by atoms with Crippen LogP contribution in [0, 0.1) is 0 Å². The van der Waals surface area contributed by atoms with Crippen LogP contribution in [0.2, 0.25) is 0 Å². The maximum absolute atomic E-state index is 14.8. The van der Waals surface area contributed by atoms with Gasteiger partial charge in [-0.05, 0) is 156 Å².